The number of hydrogen-bond acceptors (Lipinski definition) is 3. The number of nitrogens with zero attached hydrogens (tertiary/aromatic N) is 1. The predicted molar refractivity (Wildman–Crippen MR) is 41.1 cm³/mol. The fourth-order valence-corrected chi connectivity index (χ4v) is 1.48. The molecule has 74 valence electrons. The number of aliphatic carboxylic acids is 1. The van der Waals surface area contributed by atoms with Gasteiger partial charge in [0, 0.05) is 0 Å². The van der Waals surface area contributed by atoms with Crippen LogP contribution in [0.3, 0.4) is 0 Å². The largest absolute Gasteiger partial charge is 0.480 e. The van der Waals surface area contributed by atoms with E-state index in [-0.39, 0.29) is 6.42 Å². The molecule has 6 heteroatoms. The number of piperidine rings is 1. The zero-order chi connectivity index (χ0) is 10.0. The Morgan fingerprint density at radius 3 is 2.23 bits per heavy atom. The molecular formula is C7H11NO5. The van der Waals surface area contributed by atoms with E-state index in [4.69, 9.17) is 10.2 Å². The second-order valence-electron chi connectivity index (χ2n) is 2.96. The minimum atomic E-state index is -1.39. The fourth-order valence-electron chi connectivity index (χ4n) is 1.48. The summed E-state index contributed by atoms with van der Waals surface area (Å²) in [6.45, 7) is 0. The summed E-state index contributed by atoms with van der Waals surface area (Å²) in [5.41, 5.74) is 0. The van der Waals surface area contributed by atoms with E-state index < -0.39 is 24.3 Å². The van der Waals surface area contributed by atoms with E-state index in [0.717, 1.165) is 0 Å². The van der Waals surface area contributed by atoms with Crippen molar-refractivity contribution in [2.75, 3.05) is 0 Å². The molecule has 6 nitrogen and oxygen atoms in total. The molecule has 2 atom stereocenters. The smallest absolute Gasteiger partial charge is 0.410 e. The molecule has 1 fully saturated rings. The van der Waals surface area contributed by atoms with Crippen LogP contribution in [0.4, 0.5) is 4.79 Å². The van der Waals surface area contributed by atoms with Gasteiger partial charge < -0.3 is 15.3 Å². The van der Waals surface area contributed by atoms with Gasteiger partial charge in [-0.2, -0.15) is 0 Å². The number of rotatable bonds is 1. The molecule has 0 bridgehead atoms. The van der Waals surface area contributed by atoms with Gasteiger partial charge in [-0.25, -0.2) is 9.59 Å². The SMILES string of the molecule is O=C(O)C1CCCC(O)N1C(=O)O. The van der Waals surface area contributed by atoms with Gasteiger partial charge in [0.05, 0.1) is 0 Å². The van der Waals surface area contributed by atoms with Crippen LogP contribution in [0.2, 0.25) is 0 Å². The van der Waals surface area contributed by atoms with Crippen LogP contribution >= 0.6 is 0 Å². The Morgan fingerprint density at radius 2 is 1.85 bits per heavy atom. The van der Waals surface area contributed by atoms with Crippen molar-refractivity contribution in [1.82, 2.24) is 4.90 Å². The van der Waals surface area contributed by atoms with E-state index in [9.17, 15) is 14.7 Å². The Labute approximate surface area is 74.4 Å². The maximum Gasteiger partial charge on any atom is 0.410 e. The number of amides is 1. The van der Waals surface area contributed by atoms with E-state index in [1.54, 1.807) is 0 Å². The molecule has 1 heterocycles. The summed E-state index contributed by atoms with van der Waals surface area (Å²) >= 11 is 0. The lowest BCUT2D eigenvalue weighted by Gasteiger charge is -2.34. The topological polar surface area (TPSA) is 98.1 Å². The van der Waals surface area contributed by atoms with Gasteiger partial charge >= 0.3 is 12.1 Å². The number of carboxylic acid groups (broad SMARTS) is 2. The highest BCUT2D eigenvalue weighted by molar-refractivity contribution is 5.79. The number of carboxylic acids is 1. The van der Waals surface area contributed by atoms with E-state index in [2.05, 4.69) is 0 Å². The normalized spacial score (nSPS) is 28.5. The van der Waals surface area contributed by atoms with Crippen molar-refractivity contribution in [2.24, 2.45) is 0 Å². The van der Waals surface area contributed by atoms with Gasteiger partial charge in [-0.1, -0.05) is 0 Å². The Kier molecular flexibility index (Phi) is 2.72. The number of likely N-dealkylation sites (tertiary alicyclic amines) is 1. The summed E-state index contributed by atoms with van der Waals surface area (Å²) in [6, 6.07) is -1.11. The van der Waals surface area contributed by atoms with E-state index in [0.29, 0.717) is 17.7 Å². The van der Waals surface area contributed by atoms with Gasteiger partial charge in [-0.15, -0.1) is 0 Å². The van der Waals surface area contributed by atoms with Gasteiger partial charge in [0.25, 0.3) is 0 Å². The monoisotopic (exact) mass is 189 g/mol. The molecule has 0 aromatic rings. The highest BCUT2D eigenvalue weighted by Gasteiger charge is 2.37. The maximum absolute atomic E-state index is 10.6. The maximum atomic E-state index is 10.6. The van der Waals surface area contributed by atoms with Crippen LogP contribution in [0.25, 0.3) is 0 Å². The van der Waals surface area contributed by atoms with Crippen molar-refractivity contribution in [3.05, 3.63) is 0 Å². The second-order valence-corrected chi connectivity index (χ2v) is 2.96. The molecule has 0 spiro atoms. The molecule has 1 aliphatic heterocycles. The molecule has 3 N–H and O–H groups in total. The van der Waals surface area contributed by atoms with Crippen molar-refractivity contribution in [2.45, 2.75) is 31.5 Å². The van der Waals surface area contributed by atoms with Gasteiger partial charge in [-0.05, 0) is 19.3 Å². The first-order valence-corrected chi connectivity index (χ1v) is 3.96. The lowest BCUT2D eigenvalue weighted by atomic mass is 10.0. The van der Waals surface area contributed by atoms with Gasteiger partial charge in [0.2, 0.25) is 0 Å². The van der Waals surface area contributed by atoms with Crippen molar-refractivity contribution in [3.8, 4) is 0 Å². The van der Waals surface area contributed by atoms with Crippen molar-refractivity contribution >= 4 is 12.1 Å². The molecule has 0 aromatic heterocycles. The number of aliphatic hydroxyl groups is 1. The van der Waals surface area contributed by atoms with Crippen LogP contribution < -0.4 is 0 Å². The first-order chi connectivity index (χ1) is 6.04. The van der Waals surface area contributed by atoms with Crippen LogP contribution in [-0.2, 0) is 4.79 Å². The third-order valence-electron chi connectivity index (χ3n) is 2.10. The Morgan fingerprint density at radius 1 is 1.23 bits per heavy atom. The van der Waals surface area contributed by atoms with Crippen LogP contribution in [0.15, 0.2) is 0 Å². The summed E-state index contributed by atoms with van der Waals surface area (Å²) in [5.74, 6) is -1.21. The highest BCUT2D eigenvalue weighted by atomic mass is 16.4. The summed E-state index contributed by atoms with van der Waals surface area (Å²) in [4.78, 5) is 21.8. The zero-order valence-electron chi connectivity index (χ0n) is 6.88. The Hall–Kier alpha value is -1.30. The van der Waals surface area contributed by atoms with Crippen LogP contribution in [-0.4, -0.2) is 44.6 Å². The first kappa shape index (κ1) is 9.79. The average molecular weight is 189 g/mol. The third-order valence-corrected chi connectivity index (χ3v) is 2.10. The molecule has 0 saturated carbocycles. The highest BCUT2D eigenvalue weighted by Crippen LogP contribution is 2.21. The molecule has 1 aliphatic rings. The van der Waals surface area contributed by atoms with Gasteiger partial charge in [0.1, 0.15) is 12.3 Å². The van der Waals surface area contributed by atoms with Crippen LogP contribution in [0.5, 0.6) is 0 Å². The average Bonchev–Trinajstić information content (AvgIpc) is 2.02. The first-order valence-electron chi connectivity index (χ1n) is 3.96. The standard InChI is InChI=1S/C7H11NO5/c9-5-3-1-2-4(6(10)11)8(5)7(12)13/h4-5,9H,1-3H2,(H,10,11)(H,12,13). The minimum Gasteiger partial charge on any atom is -0.480 e. The van der Waals surface area contributed by atoms with Gasteiger partial charge in [0.15, 0.2) is 0 Å². The third kappa shape index (κ3) is 1.89. The molecule has 1 saturated heterocycles. The van der Waals surface area contributed by atoms with Crippen LogP contribution in [0, 0.1) is 0 Å². The lowest BCUT2D eigenvalue weighted by Crippen LogP contribution is -2.52. The van der Waals surface area contributed by atoms with Crippen molar-refractivity contribution in [3.63, 3.8) is 0 Å². The van der Waals surface area contributed by atoms with E-state index in [1.165, 1.54) is 0 Å². The van der Waals surface area contributed by atoms with Crippen molar-refractivity contribution < 1.29 is 24.9 Å². The fraction of sp³-hybridized carbons (Fsp3) is 0.714. The Balaban J connectivity index is 2.80. The molecule has 0 aliphatic carbocycles. The van der Waals surface area contributed by atoms with Crippen LogP contribution in [0.1, 0.15) is 19.3 Å². The minimum absolute atomic E-state index is 0.263. The molecular weight excluding hydrogens is 178 g/mol. The predicted octanol–water partition coefficient (Wildman–Crippen LogP) is -0.0781. The number of aliphatic hydroxyl groups excluding tert-OH is 1. The molecule has 1 amide bonds. The summed E-state index contributed by atoms with van der Waals surface area (Å²) < 4.78 is 0. The summed E-state index contributed by atoms with van der Waals surface area (Å²) in [6.07, 6.45) is -1.48. The molecule has 2 unspecified atom stereocenters. The molecule has 0 radical (unpaired) electrons. The van der Waals surface area contributed by atoms with E-state index >= 15 is 0 Å². The quantitative estimate of drug-likeness (QED) is 0.536. The molecule has 13 heavy (non-hydrogen) atoms. The summed E-state index contributed by atoms with van der Waals surface area (Å²) in [7, 11) is 0. The molecule has 1 rings (SSSR count). The zero-order valence-corrected chi connectivity index (χ0v) is 6.88. The second kappa shape index (κ2) is 3.61. The lowest BCUT2D eigenvalue weighted by molar-refractivity contribution is -0.149. The number of carbonyl (C=O) groups is 2. The van der Waals surface area contributed by atoms with E-state index in [1.807, 2.05) is 0 Å². The number of hydrogen-bond donors (Lipinski definition) is 3. The molecule has 0 aromatic carbocycles. The van der Waals surface area contributed by atoms with Gasteiger partial charge in [-0.3, -0.25) is 4.90 Å². The Bertz CT molecular complexity index is 229. The summed E-state index contributed by atoms with van der Waals surface area (Å²) in [5, 5.41) is 26.5. The van der Waals surface area contributed by atoms with Crippen molar-refractivity contribution in [1.29, 1.82) is 0 Å².